The van der Waals surface area contributed by atoms with Gasteiger partial charge in [-0.15, -0.1) is 0 Å². The molecule has 2 fully saturated rings. The van der Waals surface area contributed by atoms with Crippen molar-refractivity contribution in [2.24, 2.45) is 11.8 Å². The molecule has 0 radical (unpaired) electrons. The van der Waals surface area contributed by atoms with E-state index in [4.69, 9.17) is 9.47 Å². The lowest BCUT2D eigenvalue weighted by Crippen LogP contribution is -2.46. The number of rotatable bonds is 5. The fourth-order valence-electron chi connectivity index (χ4n) is 5.73. The largest absolute Gasteiger partial charge is 0.493 e. The predicted octanol–water partition coefficient (Wildman–Crippen LogP) is 3.78. The van der Waals surface area contributed by atoms with Gasteiger partial charge in [-0.2, -0.15) is 0 Å². The topological polar surface area (TPSA) is 59.1 Å². The molecule has 0 bridgehead atoms. The standard InChI is InChI=1S/C26H30N2O4/c1-31-22-14-18-12-13-27(16-28-25(29)19-10-6-7-11-20(19)26(28)30)24(17-8-4-3-5-9-17)21(18)15-23(22)32-2/h3-5,8-9,14-15,19-20,24H,6-7,10-13,16H2,1-2H3/t19-,20-,24-/m0/s1. The number of methoxy groups -OCH3 is 2. The molecule has 0 spiro atoms. The van der Waals surface area contributed by atoms with Crippen LogP contribution in [0, 0.1) is 11.8 Å². The van der Waals surface area contributed by atoms with Gasteiger partial charge in [-0.3, -0.25) is 19.4 Å². The van der Waals surface area contributed by atoms with Gasteiger partial charge in [0.25, 0.3) is 0 Å². The molecule has 1 saturated heterocycles. The molecule has 0 unspecified atom stereocenters. The molecule has 2 amide bonds. The van der Waals surface area contributed by atoms with E-state index in [0.717, 1.165) is 55.5 Å². The zero-order chi connectivity index (χ0) is 22.2. The molecule has 5 rings (SSSR count). The molecule has 2 aliphatic heterocycles. The van der Waals surface area contributed by atoms with Crippen LogP contribution in [-0.4, -0.2) is 49.0 Å². The summed E-state index contributed by atoms with van der Waals surface area (Å²) in [4.78, 5) is 30.1. The fraction of sp³-hybridized carbons (Fsp3) is 0.462. The minimum absolute atomic E-state index is 0.0182. The van der Waals surface area contributed by atoms with Crippen LogP contribution < -0.4 is 9.47 Å². The molecular formula is C26H30N2O4. The summed E-state index contributed by atoms with van der Waals surface area (Å²) in [7, 11) is 3.30. The first-order chi connectivity index (χ1) is 15.6. The van der Waals surface area contributed by atoms with Gasteiger partial charge in [-0.25, -0.2) is 0 Å². The normalized spacial score (nSPS) is 25.4. The summed E-state index contributed by atoms with van der Waals surface area (Å²) in [5.74, 6) is 1.21. The van der Waals surface area contributed by atoms with Crippen molar-refractivity contribution in [2.45, 2.75) is 38.1 Å². The Kier molecular flexibility index (Phi) is 5.64. The van der Waals surface area contributed by atoms with Crippen LogP contribution in [0.15, 0.2) is 42.5 Å². The molecule has 2 aromatic carbocycles. The van der Waals surface area contributed by atoms with Crippen LogP contribution >= 0.6 is 0 Å². The Bertz CT molecular complexity index is 998. The van der Waals surface area contributed by atoms with E-state index in [0.29, 0.717) is 12.4 Å². The van der Waals surface area contributed by atoms with Crippen LogP contribution in [-0.2, 0) is 16.0 Å². The third-order valence-corrected chi connectivity index (χ3v) is 7.34. The Morgan fingerprint density at radius 3 is 2.16 bits per heavy atom. The molecule has 0 aromatic heterocycles. The number of likely N-dealkylation sites (tertiary alicyclic amines) is 1. The zero-order valence-corrected chi connectivity index (χ0v) is 18.8. The van der Waals surface area contributed by atoms with Gasteiger partial charge in [0.1, 0.15) is 0 Å². The molecule has 6 nitrogen and oxygen atoms in total. The molecule has 2 heterocycles. The molecule has 6 heteroatoms. The zero-order valence-electron chi connectivity index (χ0n) is 18.8. The Morgan fingerprint density at radius 1 is 0.906 bits per heavy atom. The summed E-state index contributed by atoms with van der Waals surface area (Å²) in [5, 5.41) is 0. The second kappa shape index (κ2) is 8.58. The number of ether oxygens (including phenoxy) is 2. The third kappa shape index (κ3) is 3.47. The summed E-state index contributed by atoms with van der Waals surface area (Å²) in [6, 6.07) is 14.3. The monoisotopic (exact) mass is 434 g/mol. The van der Waals surface area contributed by atoms with Crippen LogP contribution in [0.25, 0.3) is 0 Å². The van der Waals surface area contributed by atoms with Crippen LogP contribution in [0.4, 0.5) is 0 Å². The van der Waals surface area contributed by atoms with E-state index in [1.54, 1.807) is 14.2 Å². The van der Waals surface area contributed by atoms with E-state index < -0.39 is 0 Å². The SMILES string of the molecule is COc1cc2c(cc1OC)[C@H](c1ccccc1)N(CN1C(=O)[C@H]3CCCC[C@@H]3C1=O)CC2. The first-order valence-electron chi connectivity index (χ1n) is 11.5. The van der Waals surface area contributed by atoms with Gasteiger partial charge in [0.05, 0.1) is 38.8 Å². The van der Waals surface area contributed by atoms with Crippen LogP contribution in [0.2, 0.25) is 0 Å². The van der Waals surface area contributed by atoms with Gasteiger partial charge in [0.15, 0.2) is 11.5 Å². The number of carbonyl (C=O) groups excluding carboxylic acids is 2. The van der Waals surface area contributed by atoms with Crippen molar-refractivity contribution in [3.63, 3.8) is 0 Å². The highest BCUT2D eigenvalue weighted by atomic mass is 16.5. The lowest BCUT2D eigenvalue weighted by Gasteiger charge is -2.39. The highest BCUT2D eigenvalue weighted by Crippen LogP contribution is 2.43. The van der Waals surface area contributed by atoms with Crippen LogP contribution in [0.1, 0.15) is 48.4 Å². The van der Waals surface area contributed by atoms with Crippen molar-refractivity contribution in [1.29, 1.82) is 0 Å². The Balaban J connectivity index is 1.51. The fourth-order valence-corrected chi connectivity index (χ4v) is 5.73. The second-order valence-electron chi connectivity index (χ2n) is 9.02. The maximum absolute atomic E-state index is 13.1. The first kappa shape index (κ1) is 21.0. The van der Waals surface area contributed by atoms with Crippen molar-refractivity contribution in [3.8, 4) is 11.5 Å². The molecule has 32 heavy (non-hydrogen) atoms. The van der Waals surface area contributed by atoms with Crippen LogP contribution in [0.5, 0.6) is 11.5 Å². The molecular weight excluding hydrogens is 404 g/mol. The van der Waals surface area contributed by atoms with Crippen molar-refractivity contribution >= 4 is 11.8 Å². The van der Waals surface area contributed by atoms with Gasteiger partial charge in [-0.05, 0) is 48.1 Å². The van der Waals surface area contributed by atoms with Gasteiger partial charge in [0.2, 0.25) is 11.8 Å². The van der Waals surface area contributed by atoms with Gasteiger partial charge < -0.3 is 9.47 Å². The van der Waals surface area contributed by atoms with E-state index in [1.165, 1.54) is 10.5 Å². The van der Waals surface area contributed by atoms with Crippen molar-refractivity contribution in [2.75, 3.05) is 27.4 Å². The number of nitrogens with zero attached hydrogens (tertiary/aromatic N) is 2. The average molecular weight is 435 g/mol. The number of imide groups is 1. The minimum atomic E-state index is -0.118. The van der Waals surface area contributed by atoms with Crippen molar-refractivity contribution in [1.82, 2.24) is 9.80 Å². The van der Waals surface area contributed by atoms with Crippen LogP contribution in [0.3, 0.4) is 0 Å². The van der Waals surface area contributed by atoms with E-state index >= 15 is 0 Å². The first-order valence-corrected chi connectivity index (χ1v) is 11.5. The van der Waals surface area contributed by atoms with E-state index in [-0.39, 0.29) is 29.7 Å². The van der Waals surface area contributed by atoms with Crippen molar-refractivity contribution < 1.29 is 19.1 Å². The number of fused-ring (bicyclic) bond motifs is 2. The lowest BCUT2D eigenvalue weighted by atomic mass is 9.81. The number of benzene rings is 2. The molecule has 3 aliphatic rings. The number of amides is 2. The Morgan fingerprint density at radius 2 is 1.53 bits per heavy atom. The molecule has 168 valence electrons. The molecule has 1 saturated carbocycles. The van der Waals surface area contributed by atoms with Gasteiger partial charge >= 0.3 is 0 Å². The average Bonchev–Trinajstić information content (AvgIpc) is 3.08. The van der Waals surface area contributed by atoms with E-state index in [9.17, 15) is 9.59 Å². The molecule has 2 aromatic rings. The maximum Gasteiger partial charge on any atom is 0.234 e. The number of hydrogen-bond acceptors (Lipinski definition) is 5. The summed E-state index contributed by atoms with van der Waals surface area (Å²) in [5.41, 5.74) is 3.48. The molecule has 1 aliphatic carbocycles. The lowest BCUT2D eigenvalue weighted by molar-refractivity contribution is -0.143. The predicted molar refractivity (Wildman–Crippen MR) is 120 cm³/mol. The Hall–Kier alpha value is -2.86. The van der Waals surface area contributed by atoms with Gasteiger partial charge in [-0.1, -0.05) is 43.2 Å². The van der Waals surface area contributed by atoms with E-state index in [2.05, 4.69) is 23.1 Å². The van der Waals surface area contributed by atoms with Gasteiger partial charge in [0, 0.05) is 6.54 Å². The number of carbonyl (C=O) groups is 2. The smallest absolute Gasteiger partial charge is 0.234 e. The van der Waals surface area contributed by atoms with Crippen molar-refractivity contribution in [3.05, 3.63) is 59.2 Å². The van der Waals surface area contributed by atoms with E-state index in [1.807, 2.05) is 24.3 Å². The summed E-state index contributed by atoms with van der Waals surface area (Å²) < 4.78 is 11.1. The summed E-state index contributed by atoms with van der Waals surface area (Å²) >= 11 is 0. The highest BCUT2D eigenvalue weighted by molar-refractivity contribution is 6.05. The third-order valence-electron chi connectivity index (χ3n) is 7.34. The number of hydrogen-bond donors (Lipinski definition) is 0. The summed E-state index contributed by atoms with van der Waals surface area (Å²) in [6.45, 7) is 1.09. The molecule has 3 atom stereocenters. The maximum atomic E-state index is 13.1. The quantitative estimate of drug-likeness (QED) is 0.671. The highest BCUT2D eigenvalue weighted by Gasteiger charge is 2.49. The Labute approximate surface area is 189 Å². The molecule has 0 N–H and O–H groups in total. The second-order valence-corrected chi connectivity index (χ2v) is 9.02. The summed E-state index contributed by atoms with van der Waals surface area (Å²) in [6.07, 6.45) is 4.59. The minimum Gasteiger partial charge on any atom is -0.493 e.